The predicted molar refractivity (Wildman–Crippen MR) is 329 cm³/mol. The van der Waals surface area contributed by atoms with Gasteiger partial charge < -0.3 is 56.5 Å². The Bertz CT molecular complexity index is 2470. The first-order valence-electron chi connectivity index (χ1n) is 33.3. The average Bonchev–Trinajstić information content (AvgIpc) is 1.63. The van der Waals surface area contributed by atoms with Crippen molar-refractivity contribution in [2.75, 3.05) is 46.8 Å². The fraction of sp³-hybridized carbons (Fsp3) is 0.786. The van der Waals surface area contributed by atoms with Crippen molar-refractivity contribution in [2.45, 2.75) is 207 Å². The molecule has 10 rings (SSSR count). The zero-order valence-electron chi connectivity index (χ0n) is 52.8. The summed E-state index contributed by atoms with van der Waals surface area (Å²) in [6, 6.07) is 21.3. The number of hydrogen-bond donors (Lipinski definition) is 6. The van der Waals surface area contributed by atoms with E-state index in [2.05, 4.69) is 126 Å². The number of nitrogens with zero attached hydrogens (tertiary/aromatic N) is 2. The maximum Gasteiger partial charge on any atom is 0.319 e. The van der Waals surface area contributed by atoms with Gasteiger partial charge in [0, 0.05) is 24.4 Å². The highest BCUT2D eigenvalue weighted by Gasteiger charge is 2.69. The summed E-state index contributed by atoms with van der Waals surface area (Å²) >= 11 is 0. The largest absolute Gasteiger partial charge is 0.461 e. The van der Waals surface area contributed by atoms with Gasteiger partial charge in [-0.15, -0.1) is 0 Å². The lowest BCUT2D eigenvalue weighted by Crippen LogP contribution is -2.63. The van der Waals surface area contributed by atoms with Crippen LogP contribution in [0.25, 0.3) is 0 Å². The van der Waals surface area contributed by atoms with E-state index in [4.69, 9.17) is 31.4 Å². The van der Waals surface area contributed by atoms with Crippen molar-refractivity contribution in [3.05, 3.63) is 71.8 Å². The number of benzene rings is 2. The minimum absolute atomic E-state index is 0.0797. The number of aliphatic hydroxyl groups is 3. The van der Waals surface area contributed by atoms with Crippen LogP contribution in [0, 0.1) is 92.7 Å². The molecule has 8 fully saturated rings. The molecule has 8 saturated carbocycles. The molecular formula is C70H111N5O9. The molecule has 22 atom stereocenters. The van der Waals surface area contributed by atoms with E-state index >= 15 is 0 Å². The minimum atomic E-state index is -0.389. The Balaban J connectivity index is 0.000000210. The molecule has 0 spiro atoms. The summed E-state index contributed by atoms with van der Waals surface area (Å²) in [6.07, 6.45) is 15.6. The second-order valence-electron chi connectivity index (χ2n) is 29.7. The molecule has 0 radical (unpaired) electrons. The van der Waals surface area contributed by atoms with Crippen molar-refractivity contribution in [1.82, 2.24) is 9.80 Å². The highest BCUT2D eigenvalue weighted by molar-refractivity contribution is 5.72. The van der Waals surface area contributed by atoms with Gasteiger partial charge in [-0.25, -0.2) is 0 Å². The molecule has 14 heteroatoms. The summed E-state index contributed by atoms with van der Waals surface area (Å²) in [5.74, 6) is 2.99. The number of aliphatic hydroxyl groups excluding tert-OH is 3. The van der Waals surface area contributed by atoms with Crippen molar-refractivity contribution in [3.8, 4) is 0 Å². The van der Waals surface area contributed by atoms with Gasteiger partial charge in [-0.2, -0.15) is 0 Å². The van der Waals surface area contributed by atoms with Crippen LogP contribution in [0.4, 0.5) is 0 Å². The van der Waals surface area contributed by atoms with Gasteiger partial charge in [0.25, 0.3) is 0 Å². The smallest absolute Gasteiger partial charge is 0.319 e. The molecule has 0 aromatic heterocycles. The Morgan fingerprint density at radius 1 is 0.560 bits per heavy atom. The third-order valence-electron chi connectivity index (χ3n) is 25.3. The number of esters is 3. The summed E-state index contributed by atoms with van der Waals surface area (Å²) in [4.78, 5) is 42.7. The van der Waals surface area contributed by atoms with Crippen LogP contribution in [-0.2, 0) is 41.7 Å². The van der Waals surface area contributed by atoms with Gasteiger partial charge in [-0.1, -0.05) is 102 Å². The van der Waals surface area contributed by atoms with E-state index in [1.54, 1.807) is 0 Å². The SMILES string of the molecule is C[C@H](CCCN(C)Cc1ccccc1)[C@H]1CC[C@H]2[C@@H]3[C@H](O)C[C@@H]4C[C@H](O)CC[C@]4(C)[C@H]3C[C@H](O)[C@]12C.C[C@H](CCCN(C)Cc1ccccc1)[C@H]1CC[C@H]2[C@@H]3[C@H](OC(=O)CN)C[C@@H]4C[C@H](OC(=O)CN)CC[C@]4(C)[C@H]3C[C@H](OC(=O)CN)[C@]12C. The van der Waals surface area contributed by atoms with Crippen LogP contribution >= 0.6 is 0 Å². The molecule has 0 saturated heterocycles. The number of rotatable bonds is 20. The lowest BCUT2D eigenvalue weighted by Gasteiger charge is -2.64. The second-order valence-corrected chi connectivity index (χ2v) is 29.7. The minimum Gasteiger partial charge on any atom is -0.461 e. The summed E-state index contributed by atoms with van der Waals surface area (Å²) in [5.41, 5.74) is 19.6. The van der Waals surface area contributed by atoms with Gasteiger partial charge in [0.05, 0.1) is 37.9 Å². The van der Waals surface area contributed by atoms with Crippen LogP contribution < -0.4 is 17.2 Å². The lowest BCUT2D eigenvalue weighted by atomic mass is 9.43. The van der Waals surface area contributed by atoms with Crippen molar-refractivity contribution in [2.24, 2.45) is 110 Å². The maximum atomic E-state index is 12.9. The third-order valence-corrected chi connectivity index (χ3v) is 25.3. The van der Waals surface area contributed by atoms with Gasteiger partial charge >= 0.3 is 17.9 Å². The fourth-order valence-corrected chi connectivity index (χ4v) is 21.0. The van der Waals surface area contributed by atoms with E-state index in [1.807, 2.05) is 0 Å². The third kappa shape index (κ3) is 13.3. The van der Waals surface area contributed by atoms with E-state index in [0.717, 1.165) is 103 Å². The highest BCUT2D eigenvalue weighted by atomic mass is 16.6. The maximum absolute atomic E-state index is 12.9. The predicted octanol–water partition coefficient (Wildman–Crippen LogP) is 9.52. The summed E-state index contributed by atoms with van der Waals surface area (Å²) in [5, 5.41) is 33.6. The van der Waals surface area contributed by atoms with E-state index in [-0.39, 0.29) is 119 Å². The Kier molecular flexibility index (Phi) is 21.3. The molecule has 8 aliphatic carbocycles. The van der Waals surface area contributed by atoms with E-state index in [0.29, 0.717) is 66.6 Å². The van der Waals surface area contributed by atoms with Crippen LogP contribution in [-0.4, -0.2) is 126 Å². The van der Waals surface area contributed by atoms with Gasteiger partial charge in [0.15, 0.2) is 0 Å². The number of ether oxygens (including phenoxy) is 3. The second kappa shape index (κ2) is 27.5. The molecule has 470 valence electrons. The summed E-state index contributed by atoms with van der Waals surface area (Å²) in [7, 11) is 4.40. The number of nitrogens with two attached hydrogens (primary N) is 3. The highest BCUT2D eigenvalue weighted by Crippen LogP contribution is 2.71. The molecule has 0 amide bonds. The molecule has 2 aromatic rings. The molecule has 0 heterocycles. The van der Waals surface area contributed by atoms with Gasteiger partial charge in [-0.05, 0) is 235 Å². The van der Waals surface area contributed by atoms with Crippen molar-refractivity contribution < 1.29 is 43.9 Å². The monoisotopic (exact) mass is 1170 g/mol. The van der Waals surface area contributed by atoms with Gasteiger partial charge in [-0.3, -0.25) is 14.4 Å². The van der Waals surface area contributed by atoms with Crippen LogP contribution in [0.3, 0.4) is 0 Å². The van der Waals surface area contributed by atoms with Gasteiger partial charge in [0.2, 0.25) is 0 Å². The number of fused-ring (bicyclic) bond motifs is 10. The summed E-state index contributed by atoms with van der Waals surface area (Å²) < 4.78 is 18.3. The normalized spacial score (nSPS) is 40.1. The fourth-order valence-electron chi connectivity index (χ4n) is 21.0. The molecule has 8 aliphatic rings. The molecule has 0 aliphatic heterocycles. The molecular weight excluding hydrogens is 1050 g/mol. The molecule has 0 unspecified atom stereocenters. The first-order valence-corrected chi connectivity index (χ1v) is 33.3. The molecule has 0 bridgehead atoms. The van der Waals surface area contributed by atoms with Crippen LogP contribution in [0.5, 0.6) is 0 Å². The zero-order chi connectivity index (χ0) is 60.3. The van der Waals surface area contributed by atoms with E-state index < -0.39 is 0 Å². The van der Waals surface area contributed by atoms with E-state index in [1.165, 1.54) is 30.4 Å². The Hall–Kier alpha value is -3.47. The number of carbonyl (C=O) groups excluding carboxylic acids is 3. The van der Waals surface area contributed by atoms with E-state index in [9.17, 15) is 29.7 Å². The standard InChI is InChI=1S/C38H60N4O6.C32H51NO3/c1-24(9-8-16-42(4)23-25-10-6-5-7-11-25)28-12-13-29-36-30(19-32(38(28,29)3)48-35(45)22-41)37(2)15-14-27(46-33(43)20-39)17-26(37)18-31(36)47-34(44)21-40;1-21(9-8-16-33(4)20-22-10-6-5-7-11-22)25-12-13-26-30-27(19-29(36)32(25,26)3)31(2)15-14-24(34)17-23(31)18-28(30)35/h5-7,10-11,24,26-32,36H,8-9,12-23,39-41H2,1-4H3;5-7,10-11,21,23-30,34-36H,8-9,12-20H2,1-4H3/t24-,26+,27-,28-,29+,30+,31-,32+,36+,37+,38-;21-,23+,24-,25-,26+,27+,28-,29+,30+,31+,32-/m11/s1. The topological polar surface area (TPSA) is 224 Å². The van der Waals surface area contributed by atoms with Crippen molar-refractivity contribution in [3.63, 3.8) is 0 Å². The molecule has 9 N–H and O–H groups in total. The quantitative estimate of drug-likeness (QED) is 0.0537. The molecule has 14 nitrogen and oxygen atoms in total. The number of carbonyl (C=O) groups is 3. The average molecular weight is 1170 g/mol. The Labute approximate surface area is 504 Å². The Morgan fingerprint density at radius 3 is 1.61 bits per heavy atom. The molecule has 84 heavy (non-hydrogen) atoms. The zero-order valence-corrected chi connectivity index (χ0v) is 52.8. The van der Waals surface area contributed by atoms with Crippen LogP contribution in [0.2, 0.25) is 0 Å². The van der Waals surface area contributed by atoms with Crippen molar-refractivity contribution in [1.29, 1.82) is 0 Å². The molecule has 2 aromatic carbocycles. The first-order chi connectivity index (χ1) is 40.1. The Morgan fingerprint density at radius 2 is 1.05 bits per heavy atom. The van der Waals surface area contributed by atoms with Crippen LogP contribution in [0.15, 0.2) is 60.7 Å². The van der Waals surface area contributed by atoms with Crippen molar-refractivity contribution >= 4 is 17.9 Å². The first kappa shape index (κ1) is 65.0. The lowest BCUT2D eigenvalue weighted by molar-refractivity contribution is -0.225. The van der Waals surface area contributed by atoms with Crippen LogP contribution in [0.1, 0.15) is 168 Å². The summed E-state index contributed by atoms with van der Waals surface area (Å²) in [6.45, 7) is 17.9. The van der Waals surface area contributed by atoms with Gasteiger partial charge in [0.1, 0.15) is 18.3 Å². The number of hydrogen-bond acceptors (Lipinski definition) is 14.